The number of anilines is 1. The molecule has 0 aliphatic rings. The standard InChI is InChI=1S/C21H14Cl3N3OS/c1-12-5-15(22)9-18-19(12)26-21(29-18)27(11-13-3-2-4-25-10-13)20(28)14-6-16(23)8-17(24)7-14/h2-10H,11H2,1H3. The molecule has 0 radical (unpaired) electrons. The fourth-order valence-corrected chi connectivity index (χ4v) is 4.94. The SMILES string of the molecule is Cc1cc(Cl)cc2sc(N(Cc3cccnc3)C(=O)c3cc(Cl)cc(Cl)c3)nc12. The Labute approximate surface area is 186 Å². The van der Waals surface area contributed by atoms with Gasteiger partial charge in [-0.25, -0.2) is 4.98 Å². The van der Waals surface area contributed by atoms with Crippen molar-refractivity contribution in [1.29, 1.82) is 0 Å². The lowest BCUT2D eigenvalue weighted by atomic mass is 10.2. The molecule has 8 heteroatoms. The zero-order chi connectivity index (χ0) is 20.5. The fourth-order valence-electron chi connectivity index (χ4n) is 2.99. The Kier molecular flexibility index (Phi) is 5.74. The maximum Gasteiger partial charge on any atom is 0.260 e. The van der Waals surface area contributed by atoms with E-state index in [9.17, 15) is 4.79 Å². The molecular weight excluding hydrogens is 449 g/mol. The minimum atomic E-state index is -0.249. The van der Waals surface area contributed by atoms with Crippen molar-refractivity contribution in [2.24, 2.45) is 0 Å². The molecule has 2 aromatic heterocycles. The molecule has 1 amide bonds. The number of hydrogen-bond acceptors (Lipinski definition) is 4. The number of carbonyl (C=O) groups is 1. The van der Waals surface area contributed by atoms with E-state index >= 15 is 0 Å². The first kappa shape index (κ1) is 20.1. The lowest BCUT2D eigenvalue weighted by molar-refractivity contribution is 0.0985. The third-order valence-corrected chi connectivity index (χ3v) is 5.97. The number of pyridine rings is 1. The zero-order valence-corrected chi connectivity index (χ0v) is 18.3. The van der Waals surface area contributed by atoms with E-state index in [1.807, 2.05) is 31.2 Å². The van der Waals surface area contributed by atoms with Gasteiger partial charge in [-0.1, -0.05) is 52.2 Å². The molecule has 0 spiro atoms. The number of fused-ring (bicyclic) bond motifs is 1. The molecule has 4 nitrogen and oxygen atoms in total. The predicted molar refractivity (Wildman–Crippen MR) is 121 cm³/mol. The highest BCUT2D eigenvalue weighted by molar-refractivity contribution is 7.22. The highest BCUT2D eigenvalue weighted by Crippen LogP contribution is 2.34. The quantitative estimate of drug-likeness (QED) is 0.335. The second kappa shape index (κ2) is 8.28. The molecular formula is C21H14Cl3N3OS. The summed E-state index contributed by atoms with van der Waals surface area (Å²) in [6, 6.07) is 12.2. The molecule has 0 N–H and O–H groups in total. The summed E-state index contributed by atoms with van der Waals surface area (Å²) in [5.74, 6) is -0.249. The average molecular weight is 463 g/mol. The molecule has 0 saturated heterocycles. The smallest absolute Gasteiger partial charge is 0.260 e. The van der Waals surface area contributed by atoms with Crippen molar-refractivity contribution in [3.63, 3.8) is 0 Å². The first-order chi connectivity index (χ1) is 13.9. The summed E-state index contributed by atoms with van der Waals surface area (Å²) in [4.78, 5) is 23.9. The van der Waals surface area contributed by atoms with Crippen LogP contribution in [-0.4, -0.2) is 15.9 Å². The van der Waals surface area contributed by atoms with Crippen LogP contribution in [0.2, 0.25) is 15.1 Å². The molecule has 0 saturated carbocycles. The molecule has 146 valence electrons. The summed E-state index contributed by atoms with van der Waals surface area (Å²) >= 11 is 19.8. The van der Waals surface area contributed by atoms with Crippen molar-refractivity contribution >= 4 is 67.4 Å². The number of hydrogen-bond donors (Lipinski definition) is 0. The van der Waals surface area contributed by atoms with Crippen molar-refractivity contribution < 1.29 is 4.79 Å². The minimum absolute atomic E-state index is 0.249. The van der Waals surface area contributed by atoms with E-state index in [2.05, 4.69) is 4.98 Å². The normalized spacial score (nSPS) is 11.0. The van der Waals surface area contributed by atoms with Gasteiger partial charge >= 0.3 is 0 Å². The third kappa shape index (κ3) is 4.38. The summed E-state index contributed by atoms with van der Waals surface area (Å²) in [6.07, 6.45) is 3.41. The van der Waals surface area contributed by atoms with Gasteiger partial charge in [0.2, 0.25) is 0 Å². The van der Waals surface area contributed by atoms with Gasteiger partial charge in [-0.3, -0.25) is 14.7 Å². The first-order valence-electron chi connectivity index (χ1n) is 8.64. The van der Waals surface area contributed by atoms with Crippen molar-refractivity contribution in [2.75, 3.05) is 4.90 Å². The second-order valence-electron chi connectivity index (χ2n) is 6.48. The summed E-state index contributed by atoms with van der Waals surface area (Å²) in [5, 5.41) is 2.00. The van der Waals surface area contributed by atoms with Crippen molar-refractivity contribution in [3.8, 4) is 0 Å². The lowest BCUT2D eigenvalue weighted by Gasteiger charge is -2.20. The Morgan fingerprint density at radius 1 is 1.07 bits per heavy atom. The fraction of sp³-hybridized carbons (Fsp3) is 0.0952. The Bertz CT molecular complexity index is 1190. The average Bonchev–Trinajstić information content (AvgIpc) is 3.09. The largest absolute Gasteiger partial charge is 0.279 e. The van der Waals surface area contributed by atoms with E-state index in [4.69, 9.17) is 39.8 Å². The zero-order valence-electron chi connectivity index (χ0n) is 15.2. The van der Waals surface area contributed by atoms with E-state index in [1.54, 1.807) is 35.5 Å². The van der Waals surface area contributed by atoms with Crippen LogP contribution in [0.15, 0.2) is 54.9 Å². The number of aryl methyl sites for hydroxylation is 1. The predicted octanol–water partition coefficient (Wildman–Crippen LogP) is 6.81. The Hall–Kier alpha value is -2.18. The molecule has 2 aromatic carbocycles. The molecule has 4 rings (SSSR count). The van der Waals surface area contributed by atoms with Crippen molar-refractivity contribution in [3.05, 3.63) is 86.6 Å². The highest BCUT2D eigenvalue weighted by Gasteiger charge is 2.23. The molecule has 0 atom stereocenters. The van der Waals surface area contributed by atoms with Gasteiger partial charge in [0.1, 0.15) is 0 Å². The Morgan fingerprint density at radius 3 is 2.48 bits per heavy atom. The third-order valence-electron chi connectivity index (χ3n) is 4.29. The molecule has 0 unspecified atom stereocenters. The van der Waals surface area contributed by atoms with Crippen LogP contribution in [0.3, 0.4) is 0 Å². The summed E-state index contributed by atoms with van der Waals surface area (Å²) in [6.45, 7) is 2.26. The summed E-state index contributed by atoms with van der Waals surface area (Å²) in [5.41, 5.74) is 3.04. The number of amides is 1. The Morgan fingerprint density at radius 2 is 1.79 bits per heavy atom. The second-order valence-corrected chi connectivity index (χ2v) is 8.79. The number of halogens is 3. The number of rotatable bonds is 4. The van der Waals surface area contributed by atoms with Crippen LogP contribution in [0.1, 0.15) is 21.5 Å². The maximum absolute atomic E-state index is 13.4. The van der Waals surface area contributed by atoms with Crippen LogP contribution in [-0.2, 0) is 6.54 Å². The van der Waals surface area contributed by atoms with Gasteiger partial charge in [0.05, 0.1) is 16.8 Å². The van der Waals surface area contributed by atoms with Crippen LogP contribution >= 0.6 is 46.1 Å². The maximum atomic E-state index is 13.4. The van der Waals surface area contributed by atoms with E-state index in [0.717, 1.165) is 21.3 Å². The van der Waals surface area contributed by atoms with Crippen molar-refractivity contribution in [2.45, 2.75) is 13.5 Å². The molecule has 4 aromatic rings. The molecule has 2 heterocycles. The molecule has 29 heavy (non-hydrogen) atoms. The molecule has 0 aliphatic heterocycles. The monoisotopic (exact) mass is 461 g/mol. The Balaban J connectivity index is 1.82. The molecule has 0 bridgehead atoms. The van der Waals surface area contributed by atoms with Crippen LogP contribution in [0, 0.1) is 6.92 Å². The van der Waals surface area contributed by atoms with E-state index in [1.165, 1.54) is 11.3 Å². The highest BCUT2D eigenvalue weighted by atomic mass is 35.5. The van der Waals surface area contributed by atoms with Gasteiger partial charge in [-0.15, -0.1) is 0 Å². The first-order valence-corrected chi connectivity index (χ1v) is 10.6. The van der Waals surface area contributed by atoms with Gasteiger partial charge in [-0.2, -0.15) is 0 Å². The molecule has 0 aliphatic carbocycles. The van der Waals surface area contributed by atoms with E-state index in [0.29, 0.717) is 32.3 Å². The number of thiazole rings is 1. The van der Waals surface area contributed by atoms with E-state index < -0.39 is 0 Å². The number of nitrogens with zero attached hydrogens (tertiary/aromatic N) is 3. The topological polar surface area (TPSA) is 46.1 Å². The van der Waals surface area contributed by atoms with Crippen LogP contribution in [0.25, 0.3) is 10.2 Å². The van der Waals surface area contributed by atoms with Gasteiger partial charge in [0, 0.05) is 33.0 Å². The lowest BCUT2D eigenvalue weighted by Crippen LogP contribution is -2.30. The van der Waals surface area contributed by atoms with Crippen LogP contribution < -0.4 is 4.90 Å². The summed E-state index contributed by atoms with van der Waals surface area (Å²) < 4.78 is 0.915. The van der Waals surface area contributed by atoms with Gasteiger partial charge in [0.15, 0.2) is 5.13 Å². The minimum Gasteiger partial charge on any atom is -0.279 e. The van der Waals surface area contributed by atoms with Gasteiger partial charge < -0.3 is 0 Å². The number of aromatic nitrogens is 2. The van der Waals surface area contributed by atoms with Crippen molar-refractivity contribution in [1.82, 2.24) is 9.97 Å². The summed E-state index contributed by atoms with van der Waals surface area (Å²) in [7, 11) is 0. The van der Waals surface area contributed by atoms with Gasteiger partial charge in [-0.05, 0) is 54.4 Å². The van der Waals surface area contributed by atoms with Gasteiger partial charge in [0.25, 0.3) is 5.91 Å². The van der Waals surface area contributed by atoms with Crippen LogP contribution in [0.4, 0.5) is 5.13 Å². The van der Waals surface area contributed by atoms with Crippen LogP contribution in [0.5, 0.6) is 0 Å². The van der Waals surface area contributed by atoms with E-state index in [-0.39, 0.29) is 5.91 Å². The molecule has 0 fully saturated rings. The number of carbonyl (C=O) groups excluding carboxylic acids is 1. The number of benzene rings is 2.